The van der Waals surface area contributed by atoms with E-state index >= 15 is 0 Å². The summed E-state index contributed by atoms with van der Waals surface area (Å²) in [6.45, 7) is 4.97. The number of piperidine rings is 1. The molecule has 0 N–H and O–H groups in total. The Morgan fingerprint density at radius 3 is 2.62 bits per heavy atom. The fourth-order valence-electron chi connectivity index (χ4n) is 3.24. The summed E-state index contributed by atoms with van der Waals surface area (Å²) in [5.41, 5.74) is 0.977. The summed E-state index contributed by atoms with van der Waals surface area (Å²) >= 11 is 0. The molecule has 26 heavy (non-hydrogen) atoms. The van der Waals surface area contributed by atoms with Gasteiger partial charge in [0.2, 0.25) is 0 Å². The molecule has 2 aromatic carbocycles. The Labute approximate surface area is 152 Å². The fraction of sp³-hybridized carbons (Fsp3) is 0.381. The van der Waals surface area contributed by atoms with Crippen molar-refractivity contribution in [1.82, 2.24) is 4.90 Å². The molecule has 138 valence electrons. The number of rotatable bonds is 4. The number of benzene rings is 2. The van der Waals surface area contributed by atoms with Crippen LogP contribution < -0.4 is 4.74 Å². The van der Waals surface area contributed by atoms with Gasteiger partial charge in [0.25, 0.3) is 5.91 Å². The molecule has 0 bridgehead atoms. The van der Waals surface area contributed by atoms with Crippen molar-refractivity contribution in [1.29, 1.82) is 0 Å². The molecule has 0 saturated carbocycles. The van der Waals surface area contributed by atoms with Gasteiger partial charge in [-0.15, -0.1) is 0 Å². The van der Waals surface area contributed by atoms with Crippen molar-refractivity contribution in [3.63, 3.8) is 0 Å². The van der Waals surface area contributed by atoms with Gasteiger partial charge in [0, 0.05) is 19.0 Å². The lowest BCUT2D eigenvalue weighted by Crippen LogP contribution is -2.42. The van der Waals surface area contributed by atoms with Gasteiger partial charge in [-0.2, -0.15) is 0 Å². The highest BCUT2D eigenvalue weighted by Crippen LogP contribution is 2.23. The molecule has 0 aliphatic carbocycles. The molecule has 1 heterocycles. The average Bonchev–Trinajstić information content (AvgIpc) is 2.65. The standard InChI is InChI=1S/C21H23F2NO2/c1-14-5-8-17(9-6-14)26-13-16-4-3-11-24(12-16)21(25)19-18(22)10-7-15(2)20(19)23/h5-10,16H,3-4,11-13H2,1-2H3/t16-/m0/s1. The predicted octanol–water partition coefficient (Wildman–Crippen LogP) is 4.51. The number of hydrogen-bond acceptors (Lipinski definition) is 2. The predicted molar refractivity (Wildman–Crippen MR) is 96.4 cm³/mol. The Kier molecular flexibility index (Phi) is 5.55. The lowest BCUT2D eigenvalue weighted by molar-refractivity contribution is 0.0623. The summed E-state index contributed by atoms with van der Waals surface area (Å²) in [6, 6.07) is 10.3. The van der Waals surface area contributed by atoms with Gasteiger partial charge in [-0.3, -0.25) is 4.79 Å². The van der Waals surface area contributed by atoms with Crippen LogP contribution in [0.15, 0.2) is 36.4 Å². The molecule has 5 heteroatoms. The van der Waals surface area contributed by atoms with Crippen LogP contribution >= 0.6 is 0 Å². The Balaban J connectivity index is 1.65. The topological polar surface area (TPSA) is 29.5 Å². The zero-order valence-corrected chi connectivity index (χ0v) is 15.1. The maximum atomic E-state index is 14.3. The van der Waals surface area contributed by atoms with Gasteiger partial charge in [-0.05, 0) is 50.5 Å². The van der Waals surface area contributed by atoms with E-state index < -0.39 is 23.1 Å². The molecule has 3 rings (SSSR count). The second kappa shape index (κ2) is 7.85. The monoisotopic (exact) mass is 359 g/mol. The average molecular weight is 359 g/mol. The van der Waals surface area contributed by atoms with Crippen LogP contribution in [0.2, 0.25) is 0 Å². The minimum atomic E-state index is -0.809. The van der Waals surface area contributed by atoms with Crippen LogP contribution in [0.25, 0.3) is 0 Å². The van der Waals surface area contributed by atoms with E-state index in [4.69, 9.17) is 4.74 Å². The van der Waals surface area contributed by atoms with Crippen molar-refractivity contribution >= 4 is 5.91 Å². The minimum absolute atomic E-state index is 0.143. The zero-order valence-electron chi connectivity index (χ0n) is 15.1. The van der Waals surface area contributed by atoms with Crippen LogP contribution in [-0.4, -0.2) is 30.5 Å². The maximum Gasteiger partial charge on any atom is 0.259 e. The fourth-order valence-corrected chi connectivity index (χ4v) is 3.24. The van der Waals surface area contributed by atoms with Crippen molar-refractivity contribution in [3.8, 4) is 5.75 Å². The molecule has 1 aliphatic rings. The number of likely N-dealkylation sites (tertiary alicyclic amines) is 1. The van der Waals surface area contributed by atoms with Gasteiger partial charge in [0.05, 0.1) is 6.61 Å². The minimum Gasteiger partial charge on any atom is -0.493 e. The van der Waals surface area contributed by atoms with E-state index in [1.165, 1.54) is 17.9 Å². The number of nitrogens with zero attached hydrogens (tertiary/aromatic N) is 1. The van der Waals surface area contributed by atoms with Crippen LogP contribution in [0.4, 0.5) is 8.78 Å². The van der Waals surface area contributed by atoms with E-state index in [-0.39, 0.29) is 11.5 Å². The highest BCUT2D eigenvalue weighted by Gasteiger charge is 2.29. The Morgan fingerprint density at radius 1 is 1.15 bits per heavy atom. The quantitative estimate of drug-likeness (QED) is 0.804. The van der Waals surface area contributed by atoms with Crippen LogP contribution in [-0.2, 0) is 0 Å². The number of amides is 1. The molecular formula is C21H23F2NO2. The lowest BCUT2D eigenvalue weighted by Gasteiger charge is -2.33. The van der Waals surface area contributed by atoms with E-state index in [0.717, 1.165) is 30.2 Å². The van der Waals surface area contributed by atoms with E-state index in [2.05, 4.69) is 0 Å². The molecule has 0 spiro atoms. The number of halogens is 2. The Hall–Kier alpha value is -2.43. The SMILES string of the molecule is Cc1ccc(OC[C@H]2CCCN(C(=O)c3c(F)ccc(C)c3F)C2)cc1. The summed E-state index contributed by atoms with van der Waals surface area (Å²) in [5.74, 6) is -1.23. The first-order valence-electron chi connectivity index (χ1n) is 8.89. The second-order valence-electron chi connectivity index (χ2n) is 6.94. The van der Waals surface area contributed by atoms with Crippen molar-refractivity contribution in [2.45, 2.75) is 26.7 Å². The Morgan fingerprint density at radius 2 is 1.88 bits per heavy atom. The summed E-state index contributed by atoms with van der Waals surface area (Å²) in [6.07, 6.45) is 1.72. The van der Waals surface area contributed by atoms with Gasteiger partial charge in [0.1, 0.15) is 22.9 Å². The van der Waals surface area contributed by atoms with E-state index in [0.29, 0.717) is 19.7 Å². The molecule has 1 atom stereocenters. The van der Waals surface area contributed by atoms with Gasteiger partial charge < -0.3 is 9.64 Å². The molecule has 1 amide bonds. The highest BCUT2D eigenvalue weighted by atomic mass is 19.1. The zero-order chi connectivity index (χ0) is 18.7. The molecule has 0 radical (unpaired) electrons. The van der Waals surface area contributed by atoms with Crippen LogP contribution in [0.5, 0.6) is 5.75 Å². The van der Waals surface area contributed by atoms with Crippen molar-refractivity contribution in [2.75, 3.05) is 19.7 Å². The number of carbonyl (C=O) groups is 1. The molecule has 0 aromatic heterocycles. The van der Waals surface area contributed by atoms with E-state index in [9.17, 15) is 13.6 Å². The first kappa shape index (κ1) is 18.4. The lowest BCUT2D eigenvalue weighted by atomic mass is 9.97. The van der Waals surface area contributed by atoms with E-state index in [1.807, 2.05) is 31.2 Å². The summed E-state index contributed by atoms with van der Waals surface area (Å²) in [4.78, 5) is 14.2. The van der Waals surface area contributed by atoms with Crippen LogP contribution in [0.3, 0.4) is 0 Å². The third-order valence-electron chi connectivity index (χ3n) is 4.81. The number of carbonyl (C=O) groups excluding carboxylic acids is 1. The van der Waals surface area contributed by atoms with E-state index in [1.54, 1.807) is 0 Å². The second-order valence-corrected chi connectivity index (χ2v) is 6.94. The molecule has 3 nitrogen and oxygen atoms in total. The van der Waals surface area contributed by atoms with Crippen LogP contribution in [0, 0.1) is 31.4 Å². The van der Waals surface area contributed by atoms with Crippen molar-refractivity contribution in [2.24, 2.45) is 5.92 Å². The smallest absolute Gasteiger partial charge is 0.259 e. The highest BCUT2D eigenvalue weighted by molar-refractivity contribution is 5.95. The molecule has 0 unspecified atom stereocenters. The van der Waals surface area contributed by atoms with Crippen molar-refractivity contribution < 1.29 is 18.3 Å². The largest absolute Gasteiger partial charge is 0.493 e. The third kappa shape index (κ3) is 4.03. The van der Waals surface area contributed by atoms with Gasteiger partial charge in [-0.25, -0.2) is 8.78 Å². The number of aryl methyl sites for hydroxylation is 2. The molecule has 1 fully saturated rings. The molecule has 1 saturated heterocycles. The number of hydrogen-bond donors (Lipinski definition) is 0. The first-order valence-corrected chi connectivity index (χ1v) is 8.89. The third-order valence-corrected chi connectivity index (χ3v) is 4.81. The molecular weight excluding hydrogens is 336 g/mol. The summed E-state index contributed by atoms with van der Waals surface area (Å²) in [7, 11) is 0. The first-order chi connectivity index (χ1) is 12.5. The Bertz CT molecular complexity index is 789. The van der Waals surface area contributed by atoms with Gasteiger partial charge in [-0.1, -0.05) is 23.8 Å². The van der Waals surface area contributed by atoms with Gasteiger partial charge in [0.15, 0.2) is 0 Å². The summed E-state index contributed by atoms with van der Waals surface area (Å²) < 4.78 is 34.1. The van der Waals surface area contributed by atoms with Gasteiger partial charge >= 0.3 is 0 Å². The van der Waals surface area contributed by atoms with Crippen molar-refractivity contribution in [3.05, 3.63) is 64.7 Å². The van der Waals surface area contributed by atoms with Crippen LogP contribution in [0.1, 0.15) is 34.3 Å². The normalized spacial score (nSPS) is 17.2. The summed E-state index contributed by atoms with van der Waals surface area (Å²) in [5, 5.41) is 0. The maximum absolute atomic E-state index is 14.3. The molecule has 2 aromatic rings. The molecule has 1 aliphatic heterocycles. The number of ether oxygens (including phenoxy) is 1.